The normalized spacial score (nSPS) is 12.4. The maximum Gasteiger partial charge on any atom is 0.0841 e. The third-order valence-electron chi connectivity index (χ3n) is 3.86. The Labute approximate surface area is 131 Å². The molecule has 0 aromatic heterocycles. The van der Waals surface area contributed by atoms with Gasteiger partial charge in [0.25, 0.3) is 0 Å². The Balaban J connectivity index is 2.51. The van der Waals surface area contributed by atoms with Crippen LogP contribution in [0.2, 0.25) is 5.02 Å². The van der Waals surface area contributed by atoms with Crippen LogP contribution in [0.4, 0.5) is 0 Å². The van der Waals surface area contributed by atoms with E-state index in [1.807, 2.05) is 19.1 Å². The number of alkyl halides is 1. The summed E-state index contributed by atoms with van der Waals surface area (Å²) < 4.78 is 0. The molecule has 0 nitrogen and oxygen atoms in total. The van der Waals surface area contributed by atoms with Crippen molar-refractivity contribution < 1.29 is 0 Å². The number of rotatable bonds is 4. The summed E-state index contributed by atoms with van der Waals surface area (Å²) in [6, 6.07) is 12.6. The van der Waals surface area contributed by atoms with Crippen molar-refractivity contribution in [2.45, 2.75) is 39.0 Å². The first kappa shape index (κ1) is 15.4. The molecule has 106 valence electrons. The lowest BCUT2D eigenvalue weighted by atomic mass is 9.93. The average molecular weight is 307 g/mol. The smallest absolute Gasteiger partial charge is 0.0841 e. The van der Waals surface area contributed by atoms with Gasteiger partial charge in [-0.15, -0.1) is 11.6 Å². The lowest BCUT2D eigenvalue weighted by Crippen LogP contribution is -2.02. The summed E-state index contributed by atoms with van der Waals surface area (Å²) in [7, 11) is 0. The molecule has 0 aliphatic rings. The van der Waals surface area contributed by atoms with E-state index in [1.165, 1.54) is 16.7 Å². The van der Waals surface area contributed by atoms with Gasteiger partial charge in [-0.2, -0.15) is 0 Å². The minimum atomic E-state index is -0.143. The van der Waals surface area contributed by atoms with Crippen molar-refractivity contribution in [1.82, 2.24) is 0 Å². The largest absolute Gasteiger partial charge is 0.113 e. The Kier molecular flexibility index (Phi) is 5.12. The number of hydrogen-bond acceptors (Lipinski definition) is 0. The van der Waals surface area contributed by atoms with Crippen LogP contribution in [0.25, 0.3) is 0 Å². The van der Waals surface area contributed by atoms with E-state index in [4.69, 9.17) is 23.2 Å². The highest BCUT2D eigenvalue weighted by atomic mass is 35.5. The summed E-state index contributed by atoms with van der Waals surface area (Å²) in [6.45, 7) is 6.36. The summed E-state index contributed by atoms with van der Waals surface area (Å²) in [6.07, 6.45) is 2.01. The number of hydrogen-bond donors (Lipinski definition) is 0. The van der Waals surface area contributed by atoms with E-state index in [2.05, 4.69) is 38.1 Å². The van der Waals surface area contributed by atoms with Crippen molar-refractivity contribution in [3.63, 3.8) is 0 Å². The zero-order valence-electron chi connectivity index (χ0n) is 12.2. The van der Waals surface area contributed by atoms with Crippen LogP contribution in [0.1, 0.15) is 47.0 Å². The molecule has 1 unspecified atom stereocenters. The molecule has 0 saturated heterocycles. The topological polar surface area (TPSA) is 0 Å². The zero-order valence-corrected chi connectivity index (χ0v) is 13.7. The third kappa shape index (κ3) is 3.02. The highest BCUT2D eigenvalue weighted by molar-refractivity contribution is 6.31. The number of aryl methyl sites for hydroxylation is 2. The van der Waals surface area contributed by atoms with Gasteiger partial charge in [-0.25, -0.2) is 0 Å². The Hall–Kier alpha value is -0.980. The molecule has 0 aliphatic carbocycles. The molecule has 20 heavy (non-hydrogen) atoms. The molecular weight excluding hydrogens is 287 g/mol. The molecule has 2 aromatic carbocycles. The van der Waals surface area contributed by atoms with Crippen LogP contribution in [-0.4, -0.2) is 0 Å². The Morgan fingerprint density at radius 3 is 2.40 bits per heavy atom. The maximum absolute atomic E-state index is 6.76. The fourth-order valence-corrected chi connectivity index (χ4v) is 3.11. The predicted octanol–water partition coefficient (Wildman–Crippen LogP) is 6.10. The molecule has 2 heteroatoms. The van der Waals surface area contributed by atoms with Crippen LogP contribution >= 0.6 is 23.2 Å². The second-order valence-corrected chi connectivity index (χ2v) is 5.90. The second kappa shape index (κ2) is 6.65. The fourth-order valence-electron chi connectivity index (χ4n) is 2.49. The standard InChI is InChI=1S/C18H20Cl2/c1-4-13-9-10-14(5-2)16(11-13)18(20)15-7-6-8-17(19)12(15)3/h6-11,18H,4-5H2,1-3H3. The van der Waals surface area contributed by atoms with Crippen LogP contribution in [0.15, 0.2) is 36.4 Å². The van der Waals surface area contributed by atoms with Crippen molar-refractivity contribution >= 4 is 23.2 Å². The fraction of sp³-hybridized carbons (Fsp3) is 0.333. The highest BCUT2D eigenvalue weighted by Crippen LogP contribution is 2.36. The van der Waals surface area contributed by atoms with Crippen molar-refractivity contribution in [3.8, 4) is 0 Å². The van der Waals surface area contributed by atoms with Crippen LogP contribution < -0.4 is 0 Å². The van der Waals surface area contributed by atoms with E-state index in [-0.39, 0.29) is 5.38 Å². The molecule has 0 N–H and O–H groups in total. The molecular formula is C18H20Cl2. The van der Waals surface area contributed by atoms with Crippen molar-refractivity contribution in [1.29, 1.82) is 0 Å². The van der Waals surface area contributed by atoms with Gasteiger partial charge in [0.05, 0.1) is 5.38 Å². The lowest BCUT2D eigenvalue weighted by molar-refractivity contribution is 1.01. The van der Waals surface area contributed by atoms with Gasteiger partial charge in [0.2, 0.25) is 0 Å². The molecule has 0 heterocycles. The van der Waals surface area contributed by atoms with Crippen molar-refractivity contribution in [3.05, 3.63) is 69.2 Å². The monoisotopic (exact) mass is 306 g/mol. The molecule has 0 amide bonds. The lowest BCUT2D eigenvalue weighted by Gasteiger charge is -2.18. The second-order valence-electron chi connectivity index (χ2n) is 5.06. The quantitative estimate of drug-likeness (QED) is 0.598. The van der Waals surface area contributed by atoms with Gasteiger partial charge in [-0.1, -0.05) is 55.8 Å². The predicted molar refractivity (Wildman–Crippen MR) is 89.1 cm³/mol. The highest BCUT2D eigenvalue weighted by Gasteiger charge is 2.17. The van der Waals surface area contributed by atoms with E-state index in [0.717, 1.165) is 29.0 Å². The summed E-state index contributed by atoms with van der Waals surface area (Å²) in [5, 5.41) is 0.632. The van der Waals surface area contributed by atoms with E-state index < -0.39 is 0 Å². The SMILES string of the molecule is CCc1ccc(CC)c(C(Cl)c2cccc(Cl)c2C)c1. The van der Waals surface area contributed by atoms with Gasteiger partial charge < -0.3 is 0 Å². The van der Waals surface area contributed by atoms with Crippen LogP contribution in [0, 0.1) is 6.92 Å². The molecule has 0 saturated carbocycles. The Morgan fingerprint density at radius 1 is 1.00 bits per heavy atom. The minimum absolute atomic E-state index is 0.143. The van der Waals surface area contributed by atoms with Gasteiger partial charge in [-0.3, -0.25) is 0 Å². The molecule has 2 rings (SSSR count). The average Bonchev–Trinajstić information content (AvgIpc) is 2.48. The molecule has 0 aliphatic heterocycles. The number of halogens is 2. The first-order valence-corrected chi connectivity index (χ1v) is 7.90. The molecule has 0 bridgehead atoms. The first-order valence-electron chi connectivity index (χ1n) is 7.09. The van der Waals surface area contributed by atoms with Crippen LogP contribution in [-0.2, 0) is 12.8 Å². The Bertz CT molecular complexity index is 602. The molecule has 0 radical (unpaired) electrons. The summed E-state index contributed by atoms with van der Waals surface area (Å²) in [5.41, 5.74) is 6.00. The first-order chi connectivity index (χ1) is 9.58. The molecule has 1 atom stereocenters. The van der Waals surface area contributed by atoms with Gasteiger partial charge in [0.15, 0.2) is 0 Å². The van der Waals surface area contributed by atoms with E-state index >= 15 is 0 Å². The van der Waals surface area contributed by atoms with Gasteiger partial charge in [-0.05, 0) is 53.6 Å². The molecule has 0 fully saturated rings. The van der Waals surface area contributed by atoms with E-state index in [1.54, 1.807) is 0 Å². The van der Waals surface area contributed by atoms with Gasteiger partial charge in [0, 0.05) is 5.02 Å². The van der Waals surface area contributed by atoms with Crippen LogP contribution in [0.3, 0.4) is 0 Å². The zero-order chi connectivity index (χ0) is 14.7. The number of benzene rings is 2. The third-order valence-corrected chi connectivity index (χ3v) is 4.73. The maximum atomic E-state index is 6.76. The summed E-state index contributed by atoms with van der Waals surface area (Å²) in [4.78, 5) is 0. The molecule has 0 spiro atoms. The summed E-state index contributed by atoms with van der Waals surface area (Å²) >= 11 is 13.0. The van der Waals surface area contributed by atoms with Gasteiger partial charge >= 0.3 is 0 Å². The van der Waals surface area contributed by atoms with Crippen molar-refractivity contribution in [2.24, 2.45) is 0 Å². The van der Waals surface area contributed by atoms with E-state index in [0.29, 0.717) is 0 Å². The van der Waals surface area contributed by atoms with E-state index in [9.17, 15) is 0 Å². The van der Waals surface area contributed by atoms with Crippen molar-refractivity contribution in [2.75, 3.05) is 0 Å². The molecule has 2 aromatic rings. The minimum Gasteiger partial charge on any atom is -0.113 e. The van der Waals surface area contributed by atoms with Gasteiger partial charge in [0.1, 0.15) is 0 Å². The Morgan fingerprint density at radius 2 is 1.75 bits per heavy atom. The summed E-state index contributed by atoms with van der Waals surface area (Å²) in [5.74, 6) is 0. The van der Waals surface area contributed by atoms with Crippen LogP contribution in [0.5, 0.6) is 0 Å².